The van der Waals surface area contributed by atoms with Gasteiger partial charge in [0.25, 0.3) is 0 Å². The summed E-state index contributed by atoms with van der Waals surface area (Å²) in [6, 6.07) is -0.627. The first-order valence-electron chi connectivity index (χ1n) is 2.43. The van der Waals surface area contributed by atoms with Crippen molar-refractivity contribution in [3.8, 4) is 0 Å². The summed E-state index contributed by atoms with van der Waals surface area (Å²) in [6.07, 6.45) is 0.460. The zero-order valence-corrected chi connectivity index (χ0v) is 6.41. The summed E-state index contributed by atoms with van der Waals surface area (Å²) >= 11 is 8.21. The van der Waals surface area contributed by atoms with Gasteiger partial charge in [-0.15, -0.1) is 0 Å². The average Bonchev–Trinajstić information content (AvgIpc) is 1.82. The van der Waals surface area contributed by atoms with E-state index in [1.165, 1.54) is 0 Å². The molecule has 54 valence electrons. The molecule has 0 bridgehead atoms. The number of carboxylic acids is 1. The summed E-state index contributed by atoms with van der Waals surface area (Å²) in [5.41, 5.74) is 0. The third-order valence-corrected chi connectivity index (χ3v) is 1.40. The minimum atomic E-state index is -0.918. The Morgan fingerprint density at radius 2 is 2.44 bits per heavy atom. The first-order chi connectivity index (χ1) is 4.22. The van der Waals surface area contributed by atoms with E-state index in [1.54, 1.807) is 0 Å². The zero-order valence-electron chi connectivity index (χ0n) is 4.70. The van der Waals surface area contributed by atoms with Gasteiger partial charge in [-0.1, -0.05) is 0 Å². The molecule has 0 aliphatic rings. The Balaban J connectivity index is 3.54. The smallest absolute Gasteiger partial charge is 0.318 e. The molecule has 0 rings (SSSR count). The van der Waals surface area contributed by atoms with Gasteiger partial charge >= 0.3 is 5.97 Å². The topological polar surface area (TPSA) is 49.3 Å². The molecule has 1 unspecified atom stereocenters. The van der Waals surface area contributed by atoms with Crippen molar-refractivity contribution in [2.75, 3.05) is 5.75 Å². The number of rotatable bonds is 4. The van der Waals surface area contributed by atoms with E-state index in [4.69, 9.17) is 5.11 Å². The lowest BCUT2D eigenvalue weighted by atomic mass is 10.2. The lowest BCUT2D eigenvalue weighted by molar-refractivity contribution is -0.138. The molecule has 0 aromatic heterocycles. The normalized spacial score (nSPS) is 13.1. The minimum Gasteiger partial charge on any atom is -0.705 e. The number of nitrogens with one attached hydrogen (secondary N) is 1. The molecule has 0 aliphatic carbocycles. The van der Waals surface area contributed by atoms with E-state index in [1.807, 2.05) is 0 Å². The van der Waals surface area contributed by atoms with Crippen molar-refractivity contribution < 1.29 is 9.90 Å². The third kappa shape index (κ3) is 3.66. The predicted octanol–water partition coefficient (Wildman–Crippen LogP) is -0.189. The highest BCUT2D eigenvalue weighted by Crippen LogP contribution is 1.92. The van der Waals surface area contributed by atoms with Crippen molar-refractivity contribution in [2.45, 2.75) is 12.5 Å². The molecule has 0 saturated carbocycles. The molecule has 0 spiro atoms. The molecule has 0 aromatic rings. The van der Waals surface area contributed by atoms with Crippen molar-refractivity contribution in [1.29, 1.82) is 0 Å². The molecule has 5 heteroatoms. The van der Waals surface area contributed by atoms with Crippen LogP contribution in [0.4, 0.5) is 0 Å². The lowest BCUT2D eigenvalue weighted by Crippen LogP contribution is -2.32. The van der Waals surface area contributed by atoms with Crippen molar-refractivity contribution in [3.63, 3.8) is 0 Å². The summed E-state index contributed by atoms with van der Waals surface area (Å²) in [6.45, 7) is 0. The van der Waals surface area contributed by atoms with Crippen LogP contribution in [0, 0.1) is 0 Å². The van der Waals surface area contributed by atoms with E-state index in [-0.39, 0.29) is 0 Å². The zero-order chi connectivity index (χ0) is 7.28. The maximum absolute atomic E-state index is 10.2. The van der Waals surface area contributed by atoms with Crippen molar-refractivity contribution in [2.24, 2.45) is 0 Å². The fourth-order valence-electron chi connectivity index (χ4n) is 0.362. The Bertz CT molecular complexity index is 98.6. The number of thiol groups is 1. The Morgan fingerprint density at radius 3 is 2.56 bits per heavy atom. The Kier molecular flexibility index (Phi) is 5.03. The molecule has 2 N–H and O–H groups in total. The highest BCUT2D eigenvalue weighted by Gasteiger charge is 2.08. The molecule has 0 amide bonds. The second-order valence-corrected chi connectivity index (χ2v) is 2.20. The van der Waals surface area contributed by atoms with E-state index in [0.29, 0.717) is 12.2 Å². The fourth-order valence-corrected chi connectivity index (χ4v) is 0.839. The van der Waals surface area contributed by atoms with Gasteiger partial charge in [-0.2, -0.15) is 12.6 Å². The maximum Gasteiger partial charge on any atom is 0.318 e. The largest absolute Gasteiger partial charge is 0.705 e. The molecule has 0 heterocycles. The van der Waals surface area contributed by atoms with Crippen molar-refractivity contribution >= 4 is 31.4 Å². The van der Waals surface area contributed by atoms with Gasteiger partial charge in [0.1, 0.15) is 0 Å². The van der Waals surface area contributed by atoms with E-state index in [0.717, 1.165) is 0 Å². The monoisotopic (exact) mass is 166 g/mol. The maximum atomic E-state index is 10.2. The molecular formula is C4H8NO2S2-. The van der Waals surface area contributed by atoms with Crippen LogP contribution in [0.2, 0.25) is 0 Å². The minimum absolute atomic E-state index is 0.460. The molecule has 3 nitrogen and oxygen atoms in total. The number of carboxylic acid groups (broad SMARTS) is 1. The predicted molar refractivity (Wildman–Crippen MR) is 40.4 cm³/mol. The average molecular weight is 166 g/mol. The van der Waals surface area contributed by atoms with Gasteiger partial charge in [0.15, 0.2) is 0 Å². The molecule has 9 heavy (non-hydrogen) atoms. The quantitative estimate of drug-likeness (QED) is 0.400. The number of aliphatic carboxylic acids is 1. The summed E-state index contributed by atoms with van der Waals surface area (Å²) in [4.78, 5) is 10.2. The molecule has 1 atom stereocenters. The van der Waals surface area contributed by atoms with Crippen LogP contribution in [0.3, 0.4) is 0 Å². The highest BCUT2D eigenvalue weighted by molar-refractivity contribution is 7.80. The van der Waals surface area contributed by atoms with Gasteiger partial charge in [-0.3, -0.25) is 4.79 Å². The molecular weight excluding hydrogens is 158 g/mol. The van der Waals surface area contributed by atoms with Gasteiger partial charge < -0.3 is 22.6 Å². The summed E-state index contributed by atoms with van der Waals surface area (Å²) < 4.78 is 2.24. The van der Waals surface area contributed by atoms with E-state index >= 15 is 0 Å². The SMILES string of the molecule is O=C(O)C(CCS)N[S-]. The van der Waals surface area contributed by atoms with Crippen LogP contribution >= 0.6 is 12.6 Å². The lowest BCUT2D eigenvalue weighted by Gasteiger charge is -2.16. The second-order valence-electron chi connectivity index (χ2n) is 1.52. The molecule has 0 saturated heterocycles. The van der Waals surface area contributed by atoms with E-state index in [9.17, 15) is 4.79 Å². The number of carbonyl (C=O) groups is 1. The highest BCUT2D eigenvalue weighted by atomic mass is 32.1. The standard InChI is InChI=1S/C4H8NO2S2/c6-4(7)3(5-9)1-2-8/h3,5,8H,1-2H2,(H,6,7)/q-1. The second kappa shape index (κ2) is 4.96. The van der Waals surface area contributed by atoms with Crippen molar-refractivity contribution in [1.82, 2.24) is 4.72 Å². The molecule has 0 radical (unpaired) electrons. The summed E-state index contributed by atoms with van der Waals surface area (Å²) in [5.74, 6) is -0.389. The van der Waals surface area contributed by atoms with Crippen LogP contribution in [0.1, 0.15) is 6.42 Å². The van der Waals surface area contributed by atoms with Crippen molar-refractivity contribution in [3.05, 3.63) is 0 Å². The van der Waals surface area contributed by atoms with Crippen LogP contribution in [0.5, 0.6) is 0 Å². The van der Waals surface area contributed by atoms with Gasteiger partial charge in [0, 0.05) is 0 Å². The summed E-state index contributed by atoms with van der Waals surface area (Å²) in [5, 5.41) is 8.34. The van der Waals surface area contributed by atoms with Gasteiger partial charge in [0.2, 0.25) is 0 Å². The van der Waals surface area contributed by atoms with Gasteiger partial charge in [0.05, 0.1) is 6.04 Å². The first-order valence-corrected chi connectivity index (χ1v) is 3.47. The van der Waals surface area contributed by atoms with Crippen LogP contribution in [0.25, 0.3) is 0 Å². The fraction of sp³-hybridized carbons (Fsp3) is 0.750. The van der Waals surface area contributed by atoms with Crippen LogP contribution < -0.4 is 4.72 Å². The summed E-state index contributed by atoms with van der Waals surface area (Å²) in [7, 11) is 0. The Labute approximate surface area is 64.8 Å². The number of hydrogen-bond donors (Lipinski definition) is 3. The molecule has 0 aromatic carbocycles. The Morgan fingerprint density at radius 1 is 1.89 bits per heavy atom. The van der Waals surface area contributed by atoms with Crippen LogP contribution in [-0.2, 0) is 17.6 Å². The molecule has 0 fully saturated rings. The van der Waals surface area contributed by atoms with Gasteiger partial charge in [-0.25, -0.2) is 0 Å². The van der Waals surface area contributed by atoms with Gasteiger partial charge in [-0.05, 0) is 12.2 Å². The third-order valence-electron chi connectivity index (χ3n) is 0.858. The number of hydrogen-bond acceptors (Lipinski definition) is 4. The first kappa shape index (κ1) is 9.13. The molecule has 0 aliphatic heterocycles. The van der Waals surface area contributed by atoms with Crippen LogP contribution in [0.15, 0.2) is 0 Å². The Hall–Kier alpha value is 0.130. The van der Waals surface area contributed by atoms with E-state index < -0.39 is 12.0 Å². The van der Waals surface area contributed by atoms with E-state index in [2.05, 4.69) is 30.2 Å². The van der Waals surface area contributed by atoms with Crippen LogP contribution in [-0.4, -0.2) is 22.9 Å².